The van der Waals surface area contributed by atoms with Gasteiger partial charge in [0.05, 0.1) is 5.04 Å². The molecule has 1 aromatic carbocycles. The molecule has 2 heterocycles. The van der Waals surface area contributed by atoms with E-state index in [2.05, 4.69) is 42.0 Å². The molecular formula is C14H12N2OS. The first-order chi connectivity index (χ1) is 8.66. The van der Waals surface area contributed by atoms with Crippen molar-refractivity contribution < 1.29 is 4.79 Å². The summed E-state index contributed by atoms with van der Waals surface area (Å²) in [5.41, 5.74) is 4.56. The summed E-state index contributed by atoms with van der Waals surface area (Å²) < 4.78 is 0. The summed E-state index contributed by atoms with van der Waals surface area (Å²) in [4.78, 5) is 19.9. The number of benzene rings is 1. The number of hydrogen-bond acceptors (Lipinski definition) is 3. The number of nitrogens with zero attached hydrogens (tertiary/aromatic N) is 2. The van der Waals surface area contributed by atoms with Crippen LogP contribution in [0.15, 0.2) is 33.6 Å². The van der Waals surface area contributed by atoms with Gasteiger partial charge in [0, 0.05) is 0 Å². The lowest BCUT2D eigenvalue weighted by Crippen LogP contribution is -2.22. The number of rotatable bonds is 1. The number of aryl methyl sites for hydroxylation is 2. The van der Waals surface area contributed by atoms with Gasteiger partial charge in [-0.15, -0.1) is 0 Å². The molecule has 0 aliphatic carbocycles. The highest BCUT2D eigenvalue weighted by Gasteiger charge is 2.35. The quantitative estimate of drug-likeness (QED) is 0.775. The Morgan fingerprint density at radius 1 is 1.28 bits per heavy atom. The summed E-state index contributed by atoms with van der Waals surface area (Å²) in [6.45, 7) is 4.14. The molecule has 0 saturated heterocycles. The minimum Gasteiger partial charge on any atom is -0.271 e. The second-order valence-corrected chi connectivity index (χ2v) is 5.38. The molecule has 0 fully saturated rings. The Labute approximate surface area is 110 Å². The molecule has 0 N–H and O–H groups in total. The van der Waals surface area contributed by atoms with Crippen LogP contribution in [0, 0.1) is 19.8 Å². The van der Waals surface area contributed by atoms with Gasteiger partial charge in [-0.05, 0) is 36.0 Å². The van der Waals surface area contributed by atoms with Gasteiger partial charge in [0.1, 0.15) is 12.3 Å². The van der Waals surface area contributed by atoms with E-state index in [4.69, 9.17) is 0 Å². The lowest BCUT2D eigenvalue weighted by Gasteiger charge is -2.15. The molecule has 2 aliphatic heterocycles. The highest BCUT2D eigenvalue weighted by molar-refractivity contribution is 8.17. The lowest BCUT2D eigenvalue weighted by molar-refractivity contribution is -0.118. The average Bonchev–Trinajstić information content (AvgIpc) is 2.74. The van der Waals surface area contributed by atoms with E-state index in [0.29, 0.717) is 0 Å². The summed E-state index contributed by atoms with van der Waals surface area (Å²) in [6.07, 6.45) is 1.35. The third-order valence-corrected chi connectivity index (χ3v) is 4.13. The van der Waals surface area contributed by atoms with E-state index in [-0.39, 0.29) is 11.8 Å². The van der Waals surface area contributed by atoms with Crippen LogP contribution in [0.2, 0.25) is 0 Å². The molecule has 0 saturated carbocycles. The smallest absolute Gasteiger partial charge is 0.261 e. The molecule has 3 rings (SSSR count). The van der Waals surface area contributed by atoms with Gasteiger partial charge >= 0.3 is 0 Å². The van der Waals surface area contributed by atoms with Crippen molar-refractivity contribution in [3.63, 3.8) is 0 Å². The van der Waals surface area contributed by atoms with E-state index in [9.17, 15) is 4.79 Å². The molecule has 1 aromatic rings. The number of carbonyl (C=O) groups is 1. The van der Waals surface area contributed by atoms with Gasteiger partial charge in [0.2, 0.25) is 0 Å². The van der Waals surface area contributed by atoms with E-state index in [0.717, 1.165) is 16.2 Å². The zero-order valence-corrected chi connectivity index (χ0v) is 11.0. The van der Waals surface area contributed by atoms with Crippen molar-refractivity contribution in [3.8, 4) is 0 Å². The van der Waals surface area contributed by atoms with E-state index in [1.807, 2.05) is 5.41 Å². The Kier molecular flexibility index (Phi) is 2.67. The number of carbonyl (C=O) groups excluding carboxylic acids is 1. The van der Waals surface area contributed by atoms with Crippen LogP contribution in [0.3, 0.4) is 0 Å². The molecular weight excluding hydrogens is 244 g/mol. The number of amides is 1. The van der Waals surface area contributed by atoms with Crippen LogP contribution in [0.1, 0.15) is 16.7 Å². The Morgan fingerprint density at radius 2 is 2.11 bits per heavy atom. The Bertz CT molecular complexity index is 629. The first kappa shape index (κ1) is 11.4. The average molecular weight is 256 g/mol. The van der Waals surface area contributed by atoms with Crippen LogP contribution in [0.4, 0.5) is 0 Å². The zero-order valence-electron chi connectivity index (χ0n) is 10.2. The van der Waals surface area contributed by atoms with Gasteiger partial charge in [-0.3, -0.25) is 4.79 Å². The Morgan fingerprint density at radius 3 is 2.89 bits per heavy atom. The van der Waals surface area contributed by atoms with Crippen molar-refractivity contribution in [3.05, 3.63) is 40.3 Å². The maximum absolute atomic E-state index is 11.9. The molecule has 3 nitrogen and oxygen atoms in total. The highest BCUT2D eigenvalue weighted by atomic mass is 32.2. The Hall–Kier alpha value is -1.68. The summed E-state index contributed by atoms with van der Waals surface area (Å²) in [6, 6.07) is 6.28. The van der Waals surface area contributed by atoms with Crippen LogP contribution in [0.25, 0.3) is 5.57 Å². The monoisotopic (exact) mass is 256 g/mol. The zero-order chi connectivity index (χ0) is 12.7. The second kappa shape index (κ2) is 4.21. The normalized spacial score (nSPS) is 21.7. The number of aliphatic imine (C=N–C) groups is 2. The largest absolute Gasteiger partial charge is 0.271 e. The molecule has 0 bridgehead atoms. The molecule has 1 unspecified atom stereocenters. The lowest BCUT2D eigenvalue weighted by atomic mass is 9.90. The first-order valence-corrected chi connectivity index (χ1v) is 6.63. The van der Waals surface area contributed by atoms with Gasteiger partial charge in [0.15, 0.2) is 0 Å². The third kappa shape index (κ3) is 1.73. The van der Waals surface area contributed by atoms with Gasteiger partial charge in [-0.2, -0.15) is 0 Å². The fourth-order valence-electron chi connectivity index (χ4n) is 2.31. The predicted octanol–water partition coefficient (Wildman–Crippen LogP) is 2.97. The van der Waals surface area contributed by atoms with Gasteiger partial charge < -0.3 is 0 Å². The van der Waals surface area contributed by atoms with Crippen molar-refractivity contribution >= 4 is 34.6 Å². The molecule has 0 aromatic heterocycles. The molecule has 0 radical (unpaired) electrons. The number of fused-ring (bicyclic) bond motifs is 1. The van der Waals surface area contributed by atoms with E-state index >= 15 is 0 Å². The second-order valence-electron chi connectivity index (χ2n) is 4.49. The molecule has 90 valence electrons. The number of thioether (sulfide) groups is 1. The van der Waals surface area contributed by atoms with Crippen molar-refractivity contribution in [2.75, 3.05) is 0 Å². The Balaban J connectivity index is 2.06. The minimum absolute atomic E-state index is 0.115. The van der Waals surface area contributed by atoms with E-state index < -0.39 is 0 Å². The van der Waals surface area contributed by atoms with Gasteiger partial charge in [0.25, 0.3) is 5.91 Å². The van der Waals surface area contributed by atoms with Crippen LogP contribution in [0.5, 0.6) is 0 Å². The van der Waals surface area contributed by atoms with Crippen LogP contribution >= 0.6 is 11.8 Å². The third-order valence-electron chi connectivity index (χ3n) is 3.17. The fraction of sp³-hybridized carbons (Fsp3) is 0.214. The van der Waals surface area contributed by atoms with Crippen molar-refractivity contribution in [2.45, 2.75) is 13.8 Å². The van der Waals surface area contributed by atoms with Gasteiger partial charge in [-0.1, -0.05) is 35.5 Å². The summed E-state index contributed by atoms with van der Waals surface area (Å²) >= 11 is 1.52. The van der Waals surface area contributed by atoms with Crippen molar-refractivity contribution in [1.29, 1.82) is 0 Å². The van der Waals surface area contributed by atoms with Crippen LogP contribution in [-0.4, -0.2) is 17.3 Å². The SMILES string of the molecule is Cc1ccc(C2=CSC3=NC=NC(=O)C23)c(C)c1. The highest BCUT2D eigenvalue weighted by Crippen LogP contribution is 2.40. The van der Waals surface area contributed by atoms with Crippen LogP contribution < -0.4 is 0 Å². The molecule has 4 heteroatoms. The first-order valence-electron chi connectivity index (χ1n) is 5.75. The number of hydrogen-bond donors (Lipinski definition) is 0. The molecule has 1 atom stereocenters. The van der Waals surface area contributed by atoms with Crippen molar-refractivity contribution in [1.82, 2.24) is 0 Å². The van der Waals surface area contributed by atoms with Crippen molar-refractivity contribution in [2.24, 2.45) is 15.9 Å². The summed E-state index contributed by atoms with van der Waals surface area (Å²) in [5.74, 6) is -0.405. The predicted molar refractivity (Wildman–Crippen MR) is 75.9 cm³/mol. The van der Waals surface area contributed by atoms with Gasteiger partial charge in [-0.25, -0.2) is 9.98 Å². The maximum Gasteiger partial charge on any atom is 0.261 e. The molecule has 0 spiro atoms. The summed E-state index contributed by atoms with van der Waals surface area (Å²) in [5, 5.41) is 2.86. The van der Waals surface area contributed by atoms with E-state index in [1.165, 1.54) is 29.2 Å². The molecule has 18 heavy (non-hydrogen) atoms. The standard InChI is InChI=1S/C14H12N2OS/c1-8-3-4-10(9(2)5-8)11-6-18-14-12(11)13(17)15-7-16-14/h3-7,12H,1-2H3. The maximum atomic E-state index is 11.9. The fourth-order valence-corrected chi connectivity index (χ4v) is 3.29. The molecule has 2 aliphatic rings. The minimum atomic E-state index is -0.290. The topological polar surface area (TPSA) is 41.8 Å². The van der Waals surface area contributed by atoms with Crippen LogP contribution in [-0.2, 0) is 4.79 Å². The molecule has 1 amide bonds. The van der Waals surface area contributed by atoms with E-state index in [1.54, 1.807) is 0 Å². The summed E-state index contributed by atoms with van der Waals surface area (Å²) in [7, 11) is 0.